The number of nitrogens with zero attached hydrogens (tertiary/aromatic N) is 3. The molecule has 3 aromatic rings. The van der Waals surface area contributed by atoms with Crippen LogP contribution in [0.5, 0.6) is 0 Å². The zero-order chi connectivity index (χ0) is 15.5. The van der Waals surface area contributed by atoms with Gasteiger partial charge in [0, 0.05) is 27.6 Å². The molecule has 0 atom stereocenters. The highest BCUT2D eigenvalue weighted by Crippen LogP contribution is 2.34. The van der Waals surface area contributed by atoms with Crippen LogP contribution in [-0.2, 0) is 11.3 Å². The second-order valence-electron chi connectivity index (χ2n) is 4.86. The van der Waals surface area contributed by atoms with Crippen molar-refractivity contribution in [1.29, 1.82) is 0 Å². The highest BCUT2D eigenvalue weighted by atomic mass is 32.2. The van der Waals surface area contributed by atoms with Gasteiger partial charge in [0.05, 0.1) is 5.75 Å². The first kappa shape index (κ1) is 15.1. The molecule has 7 heteroatoms. The van der Waals surface area contributed by atoms with Gasteiger partial charge in [-0.2, -0.15) is 0 Å². The Labute approximate surface area is 136 Å². The van der Waals surface area contributed by atoms with E-state index in [1.165, 1.54) is 21.8 Å². The Kier molecular flexibility index (Phi) is 4.44. The van der Waals surface area contributed by atoms with Crippen LogP contribution in [0.25, 0.3) is 21.5 Å². The zero-order valence-electron chi connectivity index (χ0n) is 12.2. The summed E-state index contributed by atoms with van der Waals surface area (Å²) in [6.07, 6.45) is 0.969. The van der Waals surface area contributed by atoms with Gasteiger partial charge in [-0.05, 0) is 12.5 Å². The Morgan fingerprint density at radius 1 is 1.36 bits per heavy atom. The molecule has 3 rings (SSSR count). The van der Waals surface area contributed by atoms with E-state index in [1.54, 1.807) is 11.3 Å². The largest absolute Gasteiger partial charge is 0.369 e. The molecule has 1 amide bonds. The number of hydrogen-bond acceptors (Lipinski definition) is 5. The predicted molar refractivity (Wildman–Crippen MR) is 91.1 cm³/mol. The topological polar surface area (TPSA) is 73.8 Å². The first-order valence-corrected chi connectivity index (χ1v) is 8.88. The van der Waals surface area contributed by atoms with Crippen LogP contribution < -0.4 is 5.73 Å². The molecule has 22 heavy (non-hydrogen) atoms. The number of rotatable bonds is 6. The second-order valence-corrected chi connectivity index (χ2v) is 6.71. The summed E-state index contributed by atoms with van der Waals surface area (Å²) in [5.41, 5.74) is 6.31. The SMILES string of the molecule is CCCn1c(SCC(N)=O)nnc1-c1csc2ccccc12. The van der Waals surface area contributed by atoms with Crippen LogP contribution in [0.15, 0.2) is 34.8 Å². The van der Waals surface area contributed by atoms with Gasteiger partial charge in [0.1, 0.15) is 0 Å². The molecule has 5 nitrogen and oxygen atoms in total. The van der Waals surface area contributed by atoms with Crippen LogP contribution in [0.1, 0.15) is 13.3 Å². The summed E-state index contributed by atoms with van der Waals surface area (Å²) in [5, 5.41) is 12.6. The minimum Gasteiger partial charge on any atom is -0.369 e. The molecule has 2 aromatic heterocycles. The first-order chi connectivity index (χ1) is 10.7. The number of carbonyl (C=O) groups excluding carboxylic acids is 1. The van der Waals surface area contributed by atoms with E-state index in [9.17, 15) is 4.79 Å². The molecule has 0 radical (unpaired) electrons. The van der Waals surface area contributed by atoms with Gasteiger partial charge in [0.15, 0.2) is 11.0 Å². The number of benzene rings is 1. The van der Waals surface area contributed by atoms with Crippen LogP contribution >= 0.6 is 23.1 Å². The molecule has 2 N–H and O–H groups in total. The molecule has 0 spiro atoms. The van der Waals surface area contributed by atoms with Gasteiger partial charge >= 0.3 is 0 Å². The number of primary amides is 1. The van der Waals surface area contributed by atoms with Crippen molar-refractivity contribution in [2.24, 2.45) is 5.73 Å². The third-order valence-corrected chi connectivity index (χ3v) is 5.18. The molecule has 0 aliphatic heterocycles. The predicted octanol–water partition coefficient (Wildman–Crippen LogP) is 3.15. The summed E-state index contributed by atoms with van der Waals surface area (Å²) in [6, 6.07) is 8.27. The Bertz CT molecular complexity index is 809. The fraction of sp³-hybridized carbons (Fsp3) is 0.267. The zero-order valence-corrected chi connectivity index (χ0v) is 13.8. The van der Waals surface area contributed by atoms with E-state index in [-0.39, 0.29) is 11.7 Å². The fourth-order valence-electron chi connectivity index (χ4n) is 2.31. The van der Waals surface area contributed by atoms with Gasteiger partial charge in [0.25, 0.3) is 0 Å². The van der Waals surface area contributed by atoms with E-state index < -0.39 is 0 Å². The van der Waals surface area contributed by atoms with Crippen LogP contribution in [-0.4, -0.2) is 26.4 Å². The van der Waals surface area contributed by atoms with Gasteiger partial charge < -0.3 is 10.3 Å². The number of hydrogen-bond donors (Lipinski definition) is 1. The average Bonchev–Trinajstić information content (AvgIpc) is 3.09. The monoisotopic (exact) mass is 332 g/mol. The Hall–Kier alpha value is -1.86. The van der Waals surface area contributed by atoms with Crippen molar-refractivity contribution in [3.63, 3.8) is 0 Å². The van der Waals surface area contributed by atoms with Gasteiger partial charge in [-0.3, -0.25) is 4.79 Å². The molecule has 0 aliphatic rings. The molecule has 114 valence electrons. The van der Waals surface area contributed by atoms with Crippen molar-refractivity contribution in [3.05, 3.63) is 29.6 Å². The van der Waals surface area contributed by atoms with Crippen molar-refractivity contribution in [2.45, 2.75) is 25.0 Å². The number of fused-ring (bicyclic) bond motifs is 1. The van der Waals surface area contributed by atoms with Crippen LogP contribution in [0.3, 0.4) is 0 Å². The maximum absolute atomic E-state index is 11.0. The highest BCUT2D eigenvalue weighted by molar-refractivity contribution is 7.99. The molecule has 0 fully saturated rings. The number of nitrogens with two attached hydrogens (primary N) is 1. The summed E-state index contributed by atoms with van der Waals surface area (Å²) in [4.78, 5) is 11.0. The lowest BCUT2D eigenvalue weighted by atomic mass is 10.1. The van der Waals surface area contributed by atoms with E-state index in [0.717, 1.165) is 29.5 Å². The molecule has 0 bridgehead atoms. The molecular formula is C15H16N4OS2. The standard InChI is InChI=1S/C15H16N4OS2/c1-2-7-19-14(17-18-15(19)22-9-13(16)20)11-8-21-12-6-4-3-5-10(11)12/h3-6,8H,2,7,9H2,1H3,(H2,16,20). The van der Waals surface area contributed by atoms with Gasteiger partial charge in [-0.25, -0.2) is 0 Å². The number of thiophene rings is 1. The molecule has 0 saturated carbocycles. The van der Waals surface area contributed by atoms with Crippen LogP contribution in [0, 0.1) is 0 Å². The lowest BCUT2D eigenvalue weighted by molar-refractivity contribution is -0.115. The van der Waals surface area contributed by atoms with Gasteiger partial charge in [0.2, 0.25) is 5.91 Å². The third-order valence-electron chi connectivity index (χ3n) is 3.23. The molecule has 1 aromatic carbocycles. The summed E-state index contributed by atoms with van der Waals surface area (Å²) < 4.78 is 3.30. The van der Waals surface area contributed by atoms with Crippen molar-refractivity contribution < 1.29 is 4.79 Å². The van der Waals surface area contributed by atoms with E-state index in [0.29, 0.717) is 0 Å². The Morgan fingerprint density at radius 2 is 2.18 bits per heavy atom. The van der Waals surface area contributed by atoms with Crippen LogP contribution in [0.4, 0.5) is 0 Å². The quantitative estimate of drug-likeness (QED) is 0.704. The van der Waals surface area contributed by atoms with E-state index in [1.807, 2.05) is 12.1 Å². The number of carbonyl (C=O) groups is 1. The van der Waals surface area contributed by atoms with E-state index >= 15 is 0 Å². The summed E-state index contributed by atoms with van der Waals surface area (Å²) in [6.45, 7) is 2.92. The normalized spacial score (nSPS) is 11.1. The molecular weight excluding hydrogens is 316 g/mol. The maximum Gasteiger partial charge on any atom is 0.227 e. The molecule has 0 unspecified atom stereocenters. The lowest BCUT2D eigenvalue weighted by Crippen LogP contribution is -2.14. The minimum atomic E-state index is -0.349. The van der Waals surface area contributed by atoms with Crippen molar-refractivity contribution in [2.75, 3.05) is 5.75 Å². The van der Waals surface area contributed by atoms with E-state index in [2.05, 4.69) is 39.2 Å². The maximum atomic E-state index is 11.0. The van der Waals surface area contributed by atoms with Crippen LogP contribution in [0.2, 0.25) is 0 Å². The van der Waals surface area contributed by atoms with Gasteiger partial charge in [-0.15, -0.1) is 21.5 Å². The lowest BCUT2D eigenvalue weighted by Gasteiger charge is -2.07. The summed E-state index contributed by atoms with van der Waals surface area (Å²) in [5.74, 6) is 0.719. The van der Waals surface area contributed by atoms with Crippen molar-refractivity contribution in [3.8, 4) is 11.4 Å². The summed E-state index contributed by atoms with van der Waals surface area (Å²) >= 11 is 3.04. The second kappa shape index (κ2) is 6.50. The van der Waals surface area contributed by atoms with Crippen molar-refractivity contribution in [1.82, 2.24) is 14.8 Å². The molecule has 0 aliphatic carbocycles. The number of thioether (sulfide) groups is 1. The third kappa shape index (κ3) is 2.86. The van der Waals surface area contributed by atoms with Crippen molar-refractivity contribution >= 4 is 39.1 Å². The smallest absolute Gasteiger partial charge is 0.227 e. The average molecular weight is 332 g/mol. The molecule has 0 saturated heterocycles. The first-order valence-electron chi connectivity index (χ1n) is 7.01. The Balaban J connectivity index is 2.04. The minimum absolute atomic E-state index is 0.215. The Morgan fingerprint density at radius 3 is 2.95 bits per heavy atom. The van der Waals surface area contributed by atoms with E-state index in [4.69, 9.17) is 5.73 Å². The van der Waals surface area contributed by atoms with Gasteiger partial charge in [-0.1, -0.05) is 36.9 Å². The summed E-state index contributed by atoms with van der Waals surface area (Å²) in [7, 11) is 0. The highest BCUT2D eigenvalue weighted by Gasteiger charge is 2.17. The molecule has 2 heterocycles. The fourth-order valence-corrected chi connectivity index (χ4v) is 3.95. The number of amides is 1. The number of aromatic nitrogens is 3.